The van der Waals surface area contributed by atoms with Crippen LogP contribution in [0.15, 0.2) is 36.7 Å². The van der Waals surface area contributed by atoms with Crippen molar-refractivity contribution >= 4 is 12.0 Å². The Kier molecular flexibility index (Phi) is 4.88. The Hall–Kier alpha value is -2.83. The van der Waals surface area contributed by atoms with E-state index in [0.717, 1.165) is 18.6 Å². The first kappa shape index (κ1) is 15.1. The number of aryl methyl sites for hydroxylation is 2. The molecule has 3 N–H and O–H groups in total. The van der Waals surface area contributed by atoms with Gasteiger partial charge in [-0.15, -0.1) is 0 Å². The predicted octanol–water partition coefficient (Wildman–Crippen LogP) is 1.67. The molecule has 23 heavy (non-hydrogen) atoms. The summed E-state index contributed by atoms with van der Waals surface area (Å²) in [7, 11) is 0. The van der Waals surface area contributed by atoms with Crippen molar-refractivity contribution in [3.05, 3.63) is 47.8 Å². The number of ether oxygens (including phenoxy) is 1. The Bertz CT molecular complexity index is 663. The van der Waals surface area contributed by atoms with Crippen molar-refractivity contribution in [1.29, 1.82) is 0 Å². The second-order valence-electron chi connectivity index (χ2n) is 5.21. The first-order valence-corrected chi connectivity index (χ1v) is 7.63. The zero-order valence-corrected chi connectivity index (χ0v) is 12.7. The number of hydrogen-bond donors (Lipinski definition) is 3. The second-order valence-corrected chi connectivity index (χ2v) is 5.21. The summed E-state index contributed by atoms with van der Waals surface area (Å²) in [6.45, 7) is 0.814. The van der Waals surface area contributed by atoms with Gasteiger partial charge in [0.05, 0.1) is 6.54 Å². The highest BCUT2D eigenvalue weighted by Gasteiger charge is 2.11. The van der Waals surface area contributed by atoms with Crippen molar-refractivity contribution in [1.82, 2.24) is 20.7 Å². The van der Waals surface area contributed by atoms with Gasteiger partial charge in [-0.3, -0.25) is 5.43 Å². The molecule has 0 saturated carbocycles. The highest BCUT2D eigenvalue weighted by Crippen LogP contribution is 2.25. The lowest BCUT2D eigenvalue weighted by Gasteiger charge is -2.10. The van der Waals surface area contributed by atoms with Gasteiger partial charge in [-0.25, -0.2) is 20.2 Å². The van der Waals surface area contributed by atoms with Crippen molar-refractivity contribution < 1.29 is 9.53 Å². The minimum absolute atomic E-state index is 0.331. The lowest BCUT2D eigenvalue weighted by atomic mass is 10.1. The van der Waals surface area contributed by atoms with E-state index in [1.165, 1.54) is 17.5 Å². The van der Waals surface area contributed by atoms with E-state index < -0.39 is 0 Å². The van der Waals surface area contributed by atoms with E-state index in [2.05, 4.69) is 38.3 Å². The van der Waals surface area contributed by atoms with Crippen LogP contribution in [-0.4, -0.2) is 29.2 Å². The van der Waals surface area contributed by atoms with Crippen LogP contribution in [0.2, 0.25) is 0 Å². The van der Waals surface area contributed by atoms with Crippen LogP contribution >= 0.6 is 0 Å². The predicted molar refractivity (Wildman–Crippen MR) is 86.2 cm³/mol. The van der Waals surface area contributed by atoms with Gasteiger partial charge in [-0.05, 0) is 48.6 Å². The van der Waals surface area contributed by atoms with Gasteiger partial charge >= 0.3 is 6.03 Å². The normalized spacial score (nSPS) is 12.3. The van der Waals surface area contributed by atoms with Crippen molar-refractivity contribution in [2.24, 2.45) is 0 Å². The van der Waals surface area contributed by atoms with E-state index in [4.69, 9.17) is 4.74 Å². The molecule has 120 valence electrons. The largest absolute Gasteiger partial charge is 0.492 e. The van der Waals surface area contributed by atoms with Crippen LogP contribution in [0.3, 0.4) is 0 Å². The standard InChI is InChI=1S/C16H19N5O2/c22-16(21-20-15-17-7-2-8-18-15)19-9-10-23-14-6-5-12-3-1-4-13(12)11-14/h2,5-8,11H,1,3-4,9-10H2,(H,17,18,20)(H2,19,21,22). The van der Waals surface area contributed by atoms with Crippen molar-refractivity contribution in [2.75, 3.05) is 18.6 Å². The maximum atomic E-state index is 11.6. The van der Waals surface area contributed by atoms with Gasteiger partial charge in [0.1, 0.15) is 12.4 Å². The summed E-state index contributed by atoms with van der Waals surface area (Å²) in [6, 6.07) is 7.54. The molecule has 3 rings (SSSR count). The monoisotopic (exact) mass is 313 g/mol. The molecule has 1 aliphatic rings. The number of carbonyl (C=O) groups excluding carboxylic acids is 1. The first-order valence-electron chi connectivity index (χ1n) is 7.63. The van der Waals surface area contributed by atoms with E-state index in [9.17, 15) is 4.79 Å². The summed E-state index contributed by atoms with van der Waals surface area (Å²) in [5.74, 6) is 1.18. The van der Waals surface area contributed by atoms with E-state index in [1.807, 2.05) is 6.07 Å². The number of carbonyl (C=O) groups is 1. The summed E-state index contributed by atoms with van der Waals surface area (Å²) in [5.41, 5.74) is 7.85. The maximum absolute atomic E-state index is 11.6. The fraction of sp³-hybridized carbons (Fsp3) is 0.312. The highest BCUT2D eigenvalue weighted by molar-refractivity contribution is 5.74. The van der Waals surface area contributed by atoms with Gasteiger partial charge in [0.2, 0.25) is 5.95 Å². The summed E-state index contributed by atoms with van der Waals surface area (Å²) in [4.78, 5) is 19.4. The van der Waals surface area contributed by atoms with Crippen LogP contribution in [-0.2, 0) is 12.8 Å². The minimum Gasteiger partial charge on any atom is -0.492 e. The number of hydrazine groups is 1. The van der Waals surface area contributed by atoms with Crippen LogP contribution in [0.25, 0.3) is 0 Å². The van der Waals surface area contributed by atoms with Crippen molar-refractivity contribution in [3.8, 4) is 5.75 Å². The molecule has 2 amide bonds. The molecule has 1 heterocycles. The molecular formula is C16H19N5O2. The lowest BCUT2D eigenvalue weighted by Crippen LogP contribution is -2.41. The van der Waals surface area contributed by atoms with Crippen LogP contribution in [0.1, 0.15) is 17.5 Å². The molecule has 0 saturated heterocycles. The Morgan fingerprint density at radius 2 is 2.00 bits per heavy atom. The number of nitrogens with one attached hydrogen (secondary N) is 3. The summed E-state index contributed by atoms with van der Waals surface area (Å²) in [6.07, 6.45) is 6.67. The zero-order valence-electron chi connectivity index (χ0n) is 12.7. The first-order chi connectivity index (χ1) is 11.3. The third kappa shape index (κ3) is 4.32. The van der Waals surface area contributed by atoms with E-state index in [-0.39, 0.29) is 6.03 Å². The summed E-state index contributed by atoms with van der Waals surface area (Å²) < 4.78 is 5.66. The molecule has 7 heteroatoms. The van der Waals surface area contributed by atoms with E-state index in [1.54, 1.807) is 18.5 Å². The molecule has 2 aromatic rings. The molecule has 0 fully saturated rings. The molecule has 0 radical (unpaired) electrons. The van der Waals surface area contributed by atoms with Crippen molar-refractivity contribution in [3.63, 3.8) is 0 Å². The maximum Gasteiger partial charge on any atom is 0.333 e. The topological polar surface area (TPSA) is 88.2 Å². The molecule has 7 nitrogen and oxygen atoms in total. The number of amides is 2. The molecule has 0 aliphatic heterocycles. The number of aromatic nitrogens is 2. The highest BCUT2D eigenvalue weighted by atomic mass is 16.5. The average Bonchev–Trinajstić information content (AvgIpc) is 3.05. The number of nitrogens with zero attached hydrogens (tertiary/aromatic N) is 2. The molecular weight excluding hydrogens is 294 g/mol. The third-order valence-corrected chi connectivity index (χ3v) is 3.58. The van der Waals surface area contributed by atoms with Gasteiger partial charge in [0.15, 0.2) is 0 Å². The Labute approximate surface area is 134 Å². The fourth-order valence-electron chi connectivity index (χ4n) is 2.49. The number of hydrogen-bond acceptors (Lipinski definition) is 5. The Morgan fingerprint density at radius 1 is 1.17 bits per heavy atom. The smallest absolute Gasteiger partial charge is 0.333 e. The van der Waals surface area contributed by atoms with Crippen LogP contribution < -0.4 is 20.9 Å². The van der Waals surface area contributed by atoms with Gasteiger partial charge < -0.3 is 10.1 Å². The van der Waals surface area contributed by atoms with E-state index in [0.29, 0.717) is 19.1 Å². The Balaban J connectivity index is 1.34. The molecule has 0 bridgehead atoms. The SMILES string of the molecule is O=C(NCCOc1ccc2c(c1)CCC2)NNc1ncccn1. The number of benzene rings is 1. The number of anilines is 1. The Morgan fingerprint density at radius 3 is 2.87 bits per heavy atom. The van der Waals surface area contributed by atoms with Gasteiger partial charge in [0, 0.05) is 12.4 Å². The summed E-state index contributed by atoms with van der Waals surface area (Å²) >= 11 is 0. The number of urea groups is 1. The molecule has 1 aliphatic carbocycles. The second kappa shape index (κ2) is 7.44. The quantitative estimate of drug-likeness (QED) is 0.558. The van der Waals surface area contributed by atoms with Gasteiger partial charge in [0.25, 0.3) is 0 Å². The molecule has 1 aromatic carbocycles. The fourth-order valence-corrected chi connectivity index (χ4v) is 2.49. The third-order valence-electron chi connectivity index (χ3n) is 3.58. The lowest BCUT2D eigenvalue weighted by molar-refractivity contribution is 0.238. The number of fused-ring (bicyclic) bond motifs is 1. The van der Waals surface area contributed by atoms with Crippen LogP contribution in [0, 0.1) is 0 Å². The minimum atomic E-state index is -0.366. The van der Waals surface area contributed by atoms with Crippen molar-refractivity contribution in [2.45, 2.75) is 19.3 Å². The van der Waals surface area contributed by atoms with Crippen LogP contribution in [0.4, 0.5) is 10.7 Å². The molecule has 1 aromatic heterocycles. The van der Waals surface area contributed by atoms with Gasteiger partial charge in [-0.2, -0.15) is 0 Å². The number of rotatable bonds is 6. The van der Waals surface area contributed by atoms with Crippen LogP contribution in [0.5, 0.6) is 5.75 Å². The molecule has 0 atom stereocenters. The van der Waals surface area contributed by atoms with E-state index >= 15 is 0 Å². The van der Waals surface area contributed by atoms with Gasteiger partial charge in [-0.1, -0.05) is 6.07 Å². The molecule has 0 unspecified atom stereocenters. The average molecular weight is 313 g/mol. The summed E-state index contributed by atoms with van der Waals surface area (Å²) in [5, 5.41) is 2.68. The zero-order chi connectivity index (χ0) is 15.9. The molecule has 0 spiro atoms.